The Morgan fingerprint density at radius 3 is 2.58 bits per heavy atom. The van der Waals surface area contributed by atoms with Crippen molar-refractivity contribution in [3.63, 3.8) is 0 Å². The van der Waals surface area contributed by atoms with E-state index in [1.807, 2.05) is 26.8 Å². The SMILES string of the molecule is CC(C)(C)c1cc(NC(=O)CCCC(=O)O)ccn1. The van der Waals surface area contributed by atoms with Gasteiger partial charge in [-0.15, -0.1) is 0 Å². The van der Waals surface area contributed by atoms with E-state index in [1.165, 1.54) is 0 Å². The van der Waals surface area contributed by atoms with Crippen LogP contribution in [0.4, 0.5) is 5.69 Å². The quantitative estimate of drug-likeness (QED) is 0.856. The molecule has 5 nitrogen and oxygen atoms in total. The van der Waals surface area contributed by atoms with Crippen LogP contribution in [0.5, 0.6) is 0 Å². The van der Waals surface area contributed by atoms with Gasteiger partial charge >= 0.3 is 5.97 Å². The molecular weight excluding hydrogens is 244 g/mol. The maximum absolute atomic E-state index is 11.6. The highest BCUT2D eigenvalue weighted by molar-refractivity contribution is 5.90. The van der Waals surface area contributed by atoms with Gasteiger partial charge in [-0.25, -0.2) is 0 Å². The zero-order valence-electron chi connectivity index (χ0n) is 11.6. The molecule has 1 amide bonds. The number of hydrogen-bond donors (Lipinski definition) is 2. The number of carbonyl (C=O) groups is 2. The van der Waals surface area contributed by atoms with E-state index in [0.717, 1.165) is 5.69 Å². The van der Waals surface area contributed by atoms with Crippen LogP contribution in [0.25, 0.3) is 0 Å². The van der Waals surface area contributed by atoms with Crippen molar-refractivity contribution in [2.45, 2.75) is 45.4 Å². The predicted octanol–water partition coefficient (Wildman–Crippen LogP) is 2.57. The Balaban J connectivity index is 2.57. The molecule has 0 saturated heterocycles. The number of aromatic nitrogens is 1. The fourth-order valence-corrected chi connectivity index (χ4v) is 1.54. The zero-order chi connectivity index (χ0) is 14.5. The van der Waals surface area contributed by atoms with Gasteiger partial charge < -0.3 is 10.4 Å². The van der Waals surface area contributed by atoms with Gasteiger partial charge in [-0.1, -0.05) is 20.8 Å². The van der Waals surface area contributed by atoms with Crippen molar-refractivity contribution in [1.29, 1.82) is 0 Å². The predicted molar refractivity (Wildman–Crippen MR) is 73.1 cm³/mol. The number of carbonyl (C=O) groups excluding carboxylic acids is 1. The molecule has 104 valence electrons. The van der Waals surface area contributed by atoms with Crippen LogP contribution in [0, 0.1) is 0 Å². The first-order valence-electron chi connectivity index (χ1n) is 6.27. The number of rotatable bonds is 5. The molecule has 1 rings (SSSR count). The molecule has 0 bridgehead atoms. The molecule has 19 heavy (non-hydrogen) atoms. The summed E-state index contributed by atoms with van der Waals surface area (Å²) >= 11 is 0. The number of anilines is 1. The average Bonchev–Trinajstić information content (AvgIpc) is 2.27. The van der Waals surface area contributed by atoms with Crippen LogP contribution in [-0.4, -0.2) is 22.0 Å². The van der Waals surface area contributed by atoms with Gasteiger partial charge in [-0.05, 0) is 18.6 Å². The largest absolute Gasteiger partial charge is 0.481 e. The van der Waals surface area contributed by atoms with Crippen molar-refractivity contribution < 1.29 is 14.7 Å². The summed E-state index contributed by atoms with van der Waals surface area (Å²) in [5.74, 6) is -1.06. The molecule has 0 unspecified atom stereocenters. The van der Waals surface area contributed by atoms with Crippen molar-refractivity contribution >= 4 is 17.6 Å². The van der Waals surface area contributed by atoms with Crippen molar-refractivity contribution in [1.82, 2.24) is 4.98 Å². The standard InChI is InChI=1S/C14H20N2O3/c1-14(2,3)11-9-10(7-8-15-11)16-12(17)5-4-6-13(18)19/h7-9H,4-6H2,1-3H3,(H,18,19)(H,15,16,17). The number of nitrogens with zero attached hydrogens (tertiary/aromatic N) is 1. The second-order valence-corrected chi connectivity index (χ2v) is 5.48. The maximum Gasteiger partial charge on any atom is 0.303 e. The smallest absolute Gasteiger partial charge is 0.303 e. The minimum Gasteiger partial charge on any atom is -0.481 e. The lowest BCUT2D eigenvalue weighted by atomic mass is 9.91. The van der Waals surface area contributed by atoms with Crippen LogP contribution in [-0.2, 0) is 15.0 Å². The number of aliphatic carboxylic acids is 1. The van der Waals surface area contributed by atoms with Crippen LogP contribution in [0.1, 0.15) is 45.7 Å². The summed E-state index contributed by atoms with van der Waals surface area (Å²) in [5, 5.41) is 11.3. The number of pyridine rings is 1. The van der Waals surface area contributed by atoms with Crippen LogP contribution >= 0.6 is 0 Å². The van der Waals surface area contributed by atoms with E-state index in [4.69, 9.17) is 5.11 Å². The second kappa shape index (κ2) is 6.31. The molecule has 0 aliphatic carbocycles. The van der Waals surface area contributed by atoms with Gasteiger partial charge in [0.25, 0.3) is 0 Å². The summed E-state index contributed by atoms with van der Waals surface area (Å²) < 4.78 is 0. The molecule has 0 radical (unpaired) electrons. The molecule has 1 aromatic rings. The van der Waals surface area contributed by atoms with E-state index in [-0.39, 0.29) is 24.2 Å². The molecule has 1 heterocycles. The first-order valence-corrected chi connectivity index (χ1v) is 6.27. The average molecular weight is 264 g/mol. The van der Waals surface area contributed by atoms with E-state index in [0.29, 0.717) is 12.1 Å². The minimum atomic E-state index is -0.883. The van der Waals surface area contributed by atoms with Crippen molar-refractivity contribution in [2.75, 3.05) is 5.32 Å². The summed E-state index contributed by atoms with van der Waals surface area (Å²) in [6, 6.07) is 3.57. The number of hydrogen-bond acceptors (Lipinski definition) is 3. The summed E-state index contributed by atoms with van der Waals surface area (Å²) in [6.45, 7) is 6.15. The monoisotopic (exact) mass is 264 g/mol. The first kappa shape index (κ1) is 15.1. The number of carboxylic acid groups (broad SMARTS) is 1. The van der Waals surface area contributed by atoms with Gasteiger partial charge in [-0.2, -0.15) is 0 Å². The summed E-state index contributed by atoms with van der Waals surface area (Å²) in [5.41, 5.74) is 1.51. The Hall–Kier alpha value is -1.91. The normalized spacial score (nSPS) is 11.1. The highest BCUT2D eigenvalue weighted by Gasteiger charge is 2.15. The van der Waals surface area contributed by atoms with Gasteiger partial charge in [0.15, 0.2) is 0 Å². The van der Waals surface area contributed by atoms with Crippen LogP contribution in [0.3, 0.4) is 0 Å². The first-order chi connectivity index (χ1) is 8.79. The third-order valence-corrected chi connectivity index (χ3v) is 2.61. The van der Waals surface area contributed by atoms with Crippen LogP contribution in [0.2, 0.25) is 0 Å². The molecule has 0 spiro atoms. The Morgan fingerprint density at radius 2 is 2.00 bits per heavy atom. The van der Waals surface area contributed by atoms with Gasteiger partial charge in [0.1, 0.15) is 0 Å². The highest BCUT2D eigenvalue weighted by Crippen LogP contribution is 2.22. The maximum atomic E-state index is 11.6. The van der Waals surface area contributed by atoms with E-state index in [9.17, 15) is 9.59 Å². The van der Waals surface area contributed by atoms with Crippen molar-refractivity contribution in [3.05, 3.63) is 24.0 Å². The molecular formula is C14H20N2O3. The summed E-state index contributed by atoms with van der Waals surface area (Å²) in [6.07, 6.45) is 2.22. The molecule has 0 atom stereocenters. The number of carboxylic acids is 1. The third kappa shape index (κ3) is 5.50. The number of nitrogens with one attached hydrogen (secondary N) is 1. The van der Waals surface area contributed by atoms with Gasteiger partial charge in [0.2, 0.25) is 5.91 Å². The minimum absolute atomic E-state index is 0.0109. The number of amides is 1. The summed E-state index contributed by atoms with van der Waals surface area (Å²) in [4.78, 5) is 26.3. The molecule has 0 aliphatic rings. The van der Waals surface area contributed by atoms with Gasteiger partial charge in [0.05, 0.1) is 0 Å². The molecule has 0 fully saturated rings. The lowest BCUT2D eigenvalue weighted by Gasteiger charge is -2.18. The van der Waals surface area contributed by atoms with Gasteiger partial charge in [-0.3, -0.25) is 14.6 Å². The highest BCUT2D eigenvalue weighted by atomic mass is 16.4. The molecule has 5 heteroatoms. The lowest BCUT2D eigenvalue weighted by Crippen LogP contribution is -2.16. The molecule has 0 aliphatic heterocycles. The van der Waals surface area contributed by atoms with Crippen LogP contribution in [0.15, 0.2) is 18.3 Å². The molecule has 2 N–H and O–H groups in total. The molecule has 0 saturated carbocycles. The third-order valence-electron chi connectivity index (χ3n) is 2.61. The molecule has 0 aromatic carbocycles. The molecule has 1 aromatic heterocycles. The topological polar surface area (TPSA) is 79.3 Å². The summed E-state index contributed by atoms with van der Waals surface area (Å²) in [7, 11) is 0. The second-order valence-electron chi connectivity index (χ2n) is 5.48. The Bertz CT molecular complexity index is 464. The van der Waals surface area contributed by atoms with E-state index >= 15 is 0 Å². The fraction of sp³-hybridized carbons (Fsp3) is 0.500. The zero-order valence-corrected chi connectivity index (χ0v) is 11.6. The van der Waals surface area contributed by atoms with E-state index in [2.05, 4.69) is 10.3 Å². The fourth-order valence-electron chi connectivity index (χ4n) is 1.54. The van der Waals surface area contributed by atoms with E-state index in [1.54, 1.807) is 12.3 Å². The Kier molecular flexibility index (Phi) is 5.03. The Morgan fingerprint density at radius 1 is 1.32 bits per heavy atom. The van der Waals surface area contributed by atoms with Crippen molar-refractivity contribution in [2.24, 2.45) is 0 Å². The Labute approximate surface area is 113 Å². The van der Waals surface area contributed by atoms with Crippen LogP contribution < -0.4 is 5.32 Å². The van der Waals surface area contributed by atoms with E-state index < -0.39 is 5.97 Å². The van der Waals surface area contributed by atoms with Gasteiger partial charge in [0, 0.05) is 35.8 Å². The van der Waals surface area contributed by atoms with Crippen molar-refractivity contribution in [3.8, 4) is 0 Å². The lowest BCUT2D eigenvalue weighted by molar-refractivity contribution is -0.137.